The molecule has 0 spiro atoms. The Bertz CT molecular complexity index is 2540. The fourth-order valence-corrected chi connectivity index (χ4v) is 6.74. The normalized spacial score (nSPS) is 13.0. The summed E-state index contributed by atoms with van der Waals surface area (Å²) >= 11 is 0. The van der Waals surface area contributed by atoms with Gasteiger partial charge in [-0.25, -0.2) is 21.8 Å². The lowest BCUT2D eigenvalue weighted by molar-refractivity contribution is 0.278. The lowest BCUT2D eigenvalue weighted by Gasteiger charge is -2.15. The van der Waals surface area contributed by atoms with E-state index in [0.29, 0.717) is 0 Å². The molecule has 1 aromatic heterocycles. The minimum atomic E-state index is -5.01. The summed E-state index contributed by atoms with van der Waals surface area (Å²) in [5.74, 6) is -1.90. The molecule has 0 unspecified atom stereocenters. The van der Waals surface area contributed by atoms with Gasteiger partial charge in [0, 0.05) is 18.7 Å². The first-order chi connectivity index (χ1) is 24.9. The van der Waals surface area contributed by atoms with Crippen LogP contribution in [0.3, 0.4) is 0 Å². The Morgan fingerprint density at radius 1 is 0.704 bits per heavy atom. The first-order valence-electron chi connectivity index (χ1n) is 14.3. The zero-order valence-electron chi connectivity index (χ0n) is 27.2. The van der Waals surface area contributed by atoms with E-state index in [1.807, 2.05) is 6.07 Å². The van der Waals surface area contributed by atoms with Gasteiger partial charge >= 0.3 is 20.8 Å². The average molecular weight is 857 g/mol. The van der Waals surface area contributed by atoms with Crippen molar-refractivity contribution in [2.45, 2.75) is 16.7 Å². The summed E-state index contributed by atoms with van der Waals surface area (Å²) in [6.07, 6.45) is 0. The van der Waals surface area contributed by atoms with Crippen molar-refractivity contribution in [2.75, 3.05) is 48.4 Å². The van der Waals surface area contributed by atoms with Crippen molar-refractivity contribution in [1.82, 2.24) is 4.98 Å². The molecule has 0 bridgehead atoms. The number of benzene rings is 2. The molecule has 0 atom stereocenters. The number of hydrogen-bond donors (Lipinski definition) is 6. The van der Waals surface area contributed by atoms with Gasteiger partial charge in [0.15, 0.2) is 15.7 Å². The van der Waals surface area contributed by atoms with Crippen LogP contribution in [0, 0.1) is 18.3 Å². The fraction of sp³-hybridized carbons (Fsp3) is 0.280. The Labute approximate surface area is 308 Å². The van der Waals surface area contributed by atoms with Gasteiger partial charge in [-0.2, -0.15) is 49.2 Å². The molecule has 0 amide bonds. The van der Waals surface area contributed by atoms with Gasteiger partial charge in [-0.15, -0.1) is 10.2 Å². The Hall–Kier alpha value is -4.61. The number of rotatable bonds is 19. The first-order valence-corrected chi connectivity index (χ1v) is 21.7. The lowest BCUT2D eigenvalue weighted by atomic mass is 10.1. The fourth-order valence-electron chi connectivity index (χ4n) is 3.97. The first kappa shape index (κ1) is 43.8. The van der Waals surface area contributed by atoms with Crippen LogP contribution in [-0.4, -0.2) is 103 Å². The number of pyridine rings is 1. The Balaban J connectivity index is 1.97. The minimum absolute atomic E-state index is 0.0141. The molecule has 54 heavy (non-hydrogen) atoms. The van der Waals surface area contributed by atoms with Crippen molar-refractivity contribution in [3.05, 3.63) is 53.6 Å². The van der Waals surface area contributed by atoms with Gasteiger partial charge in [0.1, 0.15) is 28.2 Å². The number of anilines is 2. The summed E-state index contributed by atoms with van der Waals surface area (Å²) in [6, 6.07) is 9.47. The van der Waals surface area contributed by atoms with E-state index in [1.54, 1.807) is 0 Å². The van der Waals surface area contributed by atoms with Crippen molar-refractivity contribution in [3.63, 3.8) is 0 Å². The van der Waals surface area contributed by atoms with Crippen LogP contribution in [0.2, 0.25) is 0 Å². The number of sulfone groups is 1. The molecule has 294 valence electrons. The maximum absolute atomic E-state index is 12.3. The van der Waals surface area contributed by atoms with Crippen LogP contribution in [0.4, 0.5) is 34.4 Å². The third-order valence-electron chi connectivity index (χ3n) is 6.38. The summed E-state index contributed by atoms with van der Waals surface area (Å²) in [7, 11) is -23.2. The number of azo groups is 2. The van der Waals surface area contributed by atoms with Gasteiger partial charge in [-0.3, -0.25) is 18.2 Å². The summed E-state index contributed by atoms with van der Waals surface area (Å²) in [5.41, 5.74) is -0.932. The van der Waals surface area contributed by atoms with Gasteiger partial charge in [-0.05, 0) is 49.4 Å². The molecule has 0 aliphatic carbocycles. The quantitative estimate of drug-likeness (QED) is 0.0572. The van der Waals surface area contributed by atoms with E-state index in [9.17, 15) is 51.9 Å². The molecule has 29 heteroatoms. The van der Waals surface area contributed by atoms with Crippen LogP contribution in [-0.2, 0) is 59.2 Å². The molecule has 1 heterocycles. The number of hydrogen-bond acceptors (Lipinski definition) is 20. The predicted octanol–water partition coefficient (Wildman–Crippen LogP) is 2.46. The average Bonchev–Trinajstić information content (AvgIpc) is 3.04. The van der Waals surface area contributed by atoms with E-state index in [0.717, 1.165) is 24.3 Å². The largest absolute Gasteiger partial charge is 0.397 e. The zero-order chi connectivity index (χ0) is 40.5. The van der Waals surface area contributed by atoms with Crippen LogP contribution in [0.25, 0.3) is 0 Å². The number of nitrogens with zero attached hydrogens (tertiary/aromatic N) is 6. The molecule has 0 aliphatic rings. The van der Waals surface area contributed by atoms with Crippen LogP contribution >= 0.6 is 0 Å². The van der Waals surface area contributed by atoms with Gasteiger partial charge < -0.3 is 10.6 Å². The summed E-state index contributed by atoms with van der Waals surface area (Å²) in [6.45, 7) is -0.950. The van der Waals surface area contributed by atoms with Crippen molar-refractivity contribution >= 4 is 85.3 Å². The van der Waals surface area contributed by atoms with E-state index in [1.165, 1.54) is 25.1 Å². The number of aromatic nitrogens is 1. The topological polar surface area (TPSA) is 380 Å². The third kappa shape index (κ3) is 14.0. The highest BCUT2D eigenvalue weighted by Crippen LogP contribution is 2.37. The second-order valence-electron chi connectivity index (χ2n) is 10.3. The minimum Gasteiger partial charge on any atom is -0.368 e. The third-order valence-corrected chi connectivity index (χ3v) is 10.7. The molecule has 0 aliphatic heterocycles. The molecular weight excluding hydrogens is 829 g/mol. The highest BCUT2D eigenvalue weighted by molar-refractivity contribution is 7.91. The second kappa shape index (κ2) is 17.7. The second-order valence-corrected chi connectivity index (χ2v) is 17.6. The standard InChI is InChI=1S/C25H28N8O16S5/c1-16-20(15-26)24(28-9-12-50(34,35)13-11-49-54(45,46)47)29-25(27-8-10-48-53(42,43)44)23(16)33-32-21-7-4-18(14-22(21)52(39,40)41)31-30-17-2-5-19(6-3-17)51(36,37)38/h2-7,14H,8-13H2,1H3,(H2,27,28,29)(H,36,37,38)(H,39,40,41)(H,42,43,44)(H,45,46,47)/b31-30+,33-32+. The molecule has 0 saturated heterocycles. The molecule has 24 nitrogen and oxygen atoms in total. The van der Waals surface area contributed by atoms with E-state index < -0.39 is 97.6 Å². The summed E-state index contributed by atoms with van der Waals surface area (Å²) in [4.78, 5) is 2.96. The van der Waals surface area contributed by atoms with E-state index >= 15 is 0 Å². The van der Waals surface area contributed by atoms with Gasteiger partial charge in [0.2, 0.25) is 0 Å². The van der Waals surface area contributed by atoms with Crippen LogP contribution in [0.5, 0.6) is 0 Å². The molecule has 3 rings (SSSR count). The molecule has 0 radical (unpaired) electrons. The van der Waals surface area contributed by atoms with Crippen LogP contribution in [0.1, 0.15) is 11.1 Å². The maximum atomic E-state index is 12.3. The number of nitriles is 1. The van der Waals surface area contributed by atoms with Gasteiger partial charge in [-0.1, -0.05) is 0 Å². The maximum Gasteiger partial charge on any atom is 0.397 e. The summed E-state index contributed by atoms with van der Waals surface area (Å²) in [5, 5.41) is 30.7. The number of nitrogens with one attached hydrogen (secondary N) is 2. The summed E-state index contributed by atoms with van der Waals surface area (Å²) < 4.78 is 160. The highest BCUT2D eigenvalue weighted by Gasteiger charge is 2.21. The molecule has 0 fully saturated rings. The van der Waals surface area contributed by atoms with Crippen molar-refractivity contribution in [3.8, 4) is 6.07 Å². The highest BCUT2D eigenvalue weighted by atomic mass is 32.3. The molecule has 0 saturated carbocycles. The molecular formula is C25H28N8O16S5. The molecule has 6 N–H and O–H groups in total. The van der Waals surface area contributed by atoms with E-state index in [4.69, 9.17) is 13.7 Å². The Kier molecular flexibility index (Phi) is 14.3. The SMILES string of the molecule is Cc1c(C#N)c(NCCS(=O)(=O)CCOS(=O)(=O)O)nc(NCCOS(=O)(=O)O)c1/N=N/c1ccc(/N=N/c2ccc(S(=O)(=O)O)cc2)cc1S(=O)(=O)O. The Morgan fingerprint density at radius 2 is 1.28 bits per heavy atom. The monoisotopic (exact) mass is 856 g/mol. The van der Waals surface area contributed by atoms with Crippen molar-refractivity contribution < 1.29 is 68.7 Å². The van der Waals surface area contributed by atoms with Crippen LogP contribution < -0.4 is 10.6 Å². The van der Waals surface area contributed by atoms with E-state index in [-0.39, 0.29) is 46.4 Å². The van der Waals surface area contributed by atoms with Crippen molar-refractivity contribution in [2.24, 2.45) is 20.5 Å². The van der Waals surface area contributed by atoms with E-state index in [2.05, 4.69) is 44.4 Å². The zero-order valence-corrected chi connectivity index (χ0v) is 31.3. The van der Waals surface area contributed by atoms with Crippen molar-refractivity contribution in [1.29, 1.82) is 5.26 Å². The smallest absolute Gasteiger partial charge is 0.368 e. The van der Waals surface area contributed by atoms with Gasteiger partial charge in [0.05, 0.1) is 46.6 Å². The predicted molar refractivity (Wildman–Crippen MR) is 185 cm³/mol. The Morgan fingerprint density at radius 3 is 1.85 bits per heavy atom. The lowest BCUT2D eigenvalue weighted by Crippen LogP contribution is -2.23. The van der Waals surface area contributed by atoms with Gasteiger partial charge in [0.25, 0.3) is 20.2 Å². The molecule has 2 aromatic carbocycles. The molecule has 3 aromatic rings. The van der Waals surface area contributed by atoms with Crippen LogP contribution in [0.15, 0.2) is 72.7 Å².